The van der Waals surface area contributed by atoms with E-state index < -0.39 is 28.9 Å². The van der Waals surface area contributed by atoms with E-state index in [4.69, 9.17) is 14.3 Å². The Bertz CT molecular complexity index is 1790. The highest BCUT2D eigenvalue weighted by atomic mass is 32.2. The summed E-state index contributed by atoms with van der Waals surface area (Å²) in [4.78, 5) is 27.0. The van der Waals surface area contributed by atoms with E-state index in [-0.39, 0.29) is 35.5 Å². The molecule has 1 unspecified atom stereocenters. The van der Waals surface area contributed by atoms with Crippen LogP contribution >= 0.6 is 11.8 Å². The van der Waals surface area contributed by atoms with Crippen LogP contribution in [0.15, 0.2) is 109 Å². The normalized spacial score (nSPS) is 12.0. The molecule has 0 bridgehead atoms. The van der Waals surface area contributed by atoms with Crippen LogP contribution in [0.2, 0.25) is 0 Å². The number of benzene rings is 3. The number of aromatic nitrogens is 1. The van der Waals surface area contributed by atoms with Crippen LogP contribution in [-0.2, 0) is 0 Å². The Labute approximate surface area is 231 Å². The van der Waals surface area contributed by atoms with Crippen molar-refractivity contribution in [3.63, 3.8) is 0 Å². The molecule has 1 atom stereocenters. The van der Waals surface area contributed by atoms with Crippen LogP contribution in [-0.4, -0.2) is 39.2 Å². The lowest BCUT2D eigenvalue weighted by Gasteiger charge is -2.17. The number of hydrogen-bond acceptors (Lipinski definition) is 8. The smallest absolute Gasteiger partial charge is 0.354 e. The van der Waals surface area contributed by atoms with Gasteiger partial charge >= 0.3 is 5.63 Å². The first-order chi connectivity index (χ1) is 19.4. The van der Waals surface area contributed by atoms with Gasteiger partial charge in [-0.15, -0.1) is 0 Å². The highest BCUT2D eigenvalue weighted by Crippen LogP contribution is 2.37. The van der Waals surface area contributed by atoms with Crippen molar-refractivity contribution in [3.8, 4) is 28.4 Å². The Balaban J connectivity index is 1.68. The predicted octanol–water partition coefficient (Wildman–Crippen LogP) is 4.73. The van der Waals surface area contributed by atoms with Crippen molar-refractivity contribution in [1.29, 1.82) is 0 Å². The van der Waals surface area contributed by atoms with Gasteiger partial charge < -0.3 is 24.5 Å². The summed E-state index contributed by atoms with van der Waals surface area (Å²) in [6.45, 7) is -0.245. The number of hydrogen-bond donors (Lipinski definition) is 3. The lowest BCUT2D eigenvalue weighted by atomic mass is 10.1. The second-order valence-corrected chi connectivity index (χ2v) is 9.96. The average Bonchev–Trinajstić information content (AvgIpc) is 2.95. The topological polar surface area (TPSA) is 122 Å². The summed E-state index contributed by atoms with van der Waals surface area (Å²) < 4.78 is 26.3. The first kappa shape index (κ1) is 27.2. The van der Waals surface area contributed by atoms with Crippen LogP contribution < -0.4 is 15.9 Å². The Morgan fingerprint density at radius 3 is 2.50 bits per heavy atom. The van der Waals surface area contributed by atoms with Gasteiger partial charge in [-0.1, -0.05) is 54.2 Å². The van der Waals surface area contributed by atoms with Gasteiger partial charge in [-0.25, -0.2) is 9.18 Å². The molecular weight excluding hydrogens is 537 g/mol. The van der Waals surface area contributed by atoms with Crippen molar-refractivity contribution >= 4 is 22.7 Å². The summed E-state index contributed by atoms with van der Waals surface area (Å²) in [5.41, 5.74) is -0.145. The Kier molecular flexibility index (Phi) is 8.01. The molecule has 3 aromatic carbocycles. The highest BCUT2D eigenvalue weighted by molar-refractivity contribution is 7.99. The molecule has 0 aliphatic carbocycles. The molecule has 2 aromatic heterocycles. The van der Waals surface area contributed by atoms with E-state index in [0.29, 0.717) is 27.6 Å². The molecule has 5 rings (SSSR count). The molecule has 0 aliphatic heterocycles. The molecule has 0 saturated carbocycles. The second kappa shape index (κ2) is 11.8. The minimum Gasteiger partial charge on any atom is -0.505 e. The Morgan fingerprint density at radius 1 is 0.975 bits per heavy atom. The molecule has 0 aliphatic rings. The number of nitrogens with zero attached hydrogens (tertiary/aromatic N) is 1. The summed E-state index contributed by atoms with van der Waals surface area (Å²) in [5, 5.41) is 29.6. The summed E-state index contributed by atoms with van der Waals surface area (Å²) in [5.74, 6) is -0.665. The SMILES string of the molecule is O=c1oc2cc(-c3ccccc3)n(-c3cccc(OCCC(O)CO)c3)c(=O)c2c(O)c1Sc1cccc(F)c1. The first-order valence-corrected chi connectivity index (χ1v) is 13.1. The maximum Gasteiger partial charge on any atom is 0.354 e. The third kappa shape index (κ3) is 5.64. The standard InChI is InChI=1S/C30H24FNO7S/c31-19-8-4-11-23(14-19)40-28-27(35)26-25(39-30(28)37)16-24(18-6-2-1-3-7-18)32(29(26)36)20-9-5-10-22(15-20)38-13-12-21(34)17-33/h1-11,14-16,21,33-35H,12-13,17H2. The van der Waals surface area contributed by atoms with Crippen molar-refractivity contribution in [1.82, 2.24) is 4.57 Å². The second-order valence-electron chi connectivity index (χ2n) is 8.87. The summed E-state index contributed by atoms with van der Waals surface area (Å²) in [6, 6.07) is 22.7. The number of rotatable bonds is 9. The van der Waals surface area contributed by atoms with Crippen LogP contribution in [0.4, 0.5) is 4.39 Å². The number of aliphatic hydroxyl groups excluding tert-OH is 2. The van der Waals surface area contributed by atoms with Crippen LogP contribution in [0.1, 0.15) is 6.42 Å². The van der Waals surface area contributed by atoms with Crippen molar-refractivity contribution in [2.75, 3.05) is 13.2 Å². The molecule has 8 nitrogen and oxygen atoms in total. The van der Waals surface area contributed by atoms with Gasteiger partial charge in [0.05, 0.1) is 30.7 Å². The zero-order chi connectivity index (χ0) is 28.2. The molecule has 0 fully saturated rings. The maximum atomic E-state index is 14.0. The largest absolute Gasteiger partial charge is 0.505 e. The quantitative estimate of drug-likeness (QED) is 0.236. The number of fused-ring (bicyclic) bond motifs is 1. The van der Waals surface area contributed by atoms with Gasteiger partial charge in [0, 0.05) is 23.4 Å². The van der Waals surface area contributed by atoms with Crippen LogP contribution in [0.3, 0.4) is 0 Å². The Hall–Kier alpha value is -4.38. The molecule has 2 heterocycles. The number of halogens is 1. The molecule has 0 saturated heterocycles. The summed E-state index contributed by atoms with van der Waals surface area (Å²) in [6.07, 6.45) is -0.696. The lowest BCUT2D eigenvalue weighted by Crippen LogP contribution is -2.22. The molecule has 0 amide bonds. The third-order valence-corrected chi connectivity index (χ3v) is 7.16. The van der Waals surface area contributed by atoms with E-state index >= 15 is 0 Å². The molecule has 0 spiro atoms. The minimum absolute atomic E-state index is 0.100. The van der Waals surface area contributed by atoms with Crippen molar-refractivity contribution < 1.29 is 28.9 Å². The fourth-order valence-electron chi connectivity index (χ4n) is 4.17. The molecule has 3 N–H and O–H groups in total. The van der Waals surface area contributed by atoms with Gasteiger partial charge in [0.25, 0.3) is 5.56 Å². The molecule has 0 radical (unpaired) electrons. The fraction of sp³-hybridized carbons (Fsp3) is 0.133. The number of aliphatic hydroxyl groups is 2. The predicted molar refractivity (Wildman–Crippen MR) is 149 cm³/mol. The van der Waals surface area contributed by atoms with Crippen LogP contribution in [0.5, 0.6) is 11.5 Å². The van der Waals surface area contributed by atoms with Crippen LogP contribution in [0.25, 0.3) is 27.9 Å². The summed E-state index contributed by atoms with van der Waals surface area (Å²) in [7, 11) is 0. The Morgan fingerprint density at radius 2 is 1.75 bits per heavy atom. The van der Waals surface area contributed by atoms with Crippen LogP contribution in [0, 0.1) is 5.82 Å². The minimum atomic E-state index is -0.909. The molecule has 204 valence electrons. The zero-order valence-electron chi connectivity index (χ0n) is 21.0. The molecule has 5 aromatic rings. The number of pyridine rings is 1. The lowest BCUT2D eigenvalue weighted by molar-refractivity contribution is 0.0754. The van der Waals surface area contributed by atoms with Crippen molar-refractivity contribution in [2.45, 2.75) is 22.3 Å². The van der Waals surface area contributed by atoms with Gasteiger partial charge in [0.15, 0.2) is 5.75 Å². The molecule has 40 heavy (non-hydrogen) atoms. The van der Waals surface area contributed by atoms with E-state index in [0.717, 1.165) is 11.8 Å². The third-order valence-electron chi connectivity index (χ3n) is 6.10. The van der Waals surface area contributed by atoms with Gasteiger partial charge in [0.1, 0.15) is 27.4 Å². The van der Waals surface area contributed by atoms with E-state index in [9.17, 15) is 24.2 Å². The van der Waals surface area contributed by atoms with Crippen molar-refractivity contribution in [2.24, 2.45) is 0 Å². The van der Waals surface area contributed by atoms with Gasteiger partial charge in [-0.05, 0) is 35.9 Å². The van der Waals surface area contributed by atoms with Gasteiger partial charge in [-0.2, -0.15) is 0 Å². The number of aromatic hydroxyl groups is 1. The molecular formula is C30H24FNO7S. The fourth-order valence-corrected chi connectivity index (χ4v) is 5.05. The number of ether oxygens (including phenoxy) is 1. The zero-order valence-corrected chi connectivity index (χ0v) is 21.8. The van der Waals surface area contributed by atoms with Gasteiger partial charge in [-0.3, -0.25) is 9.36 Å². The van der Waals surface area contributed by atoms with Gasteiger partial charge in [0.2, 0.25) is 0 Å². The summed E-state index contributed by atoms with van der Waals surface area (Å²) >= 11 is 0.794. The monoisotopic (exact) mass is 561 g/mol. The van der Waals surface area contributed by atoms with Crippen molar-refractivity contribution in [3.05, 3.63) is 112 Å². The van der Waals surface area contributed by atoms with E-state index in [2.05, 4.69) is 0 Å². The van der Waals surface area contributed by atoms with E-state index in [1.165, 1.54) is 28.8 Å². The maximum absolute atomic E-state index is 14.0. The average molecular weight is 562 g/mol. The first-order valence-electron chi connectivity index (χ1n) is 12.3. The van der Waals surface area contributed by atoms with E-state index in [1.54, 1.807) is 54.6 Å². The highest BCUT2D eigenvalue weighted by Gasteiger charge is 2.22. The molecule has 10 heteroatoms. The van der Waals surface area contributed by atoms with E-state index in [1.807, 2.05) is 6.07 Å².